The molecule has 1 spiro atoms. The lowest BCUT2D eigenvalue weighted by Gasteiger charge is -2.53. The smallest absolute Gasteiger partial charge is 0.138 e. The molecule has 2 saturated carbocycles. The van der Waals surface area contributed by atoms with Crippen LogP contribution in [0.5, 0.6) is 5.75 Å². The molecule has 110 valence electrons. The van der Waals surface area contributed by atoms with Crippen molar-refractivity contribution < 1.29 is 9.84 Å². The summed E-state index contributed by atoms with van der Waals surface area (Å²) in [5, 5.41) is 10.9. The molecule has 0 saturated heterocycles. The lowest BCUT2D eigenvalue weighted by Crippen LogP contribution is -2.59. The van der Waals surface area contributed by atoms with E-state index in [4.69, 9.17) is 16.3 Å². The van der Waals surface area contributed by atoms with Gasteiger partial charge in [-0.2, -0.15) is 0 Å². The van der Waals surface area contributed by atoms with E-state index >= 15 is 0 Å². The Morgan fingerprint density at radius 2 is 1.90 bits per heavy atom. The predicted molar refractivity (Wildman–Crippen MR) is 84.3 cm³/mol. The lowest BCUT2D eigenvalue weighted by molar-refractivity contribution is -0.163. The number of hydrogen-bond acceptors (Lipinski definition) is 2. The highest BCUT2D eigenvalue weighted by atomic mass is 79.9. The Bertz CT molecular complexity index is 483. The zero-order chi connectivity index (χ0) is 14.2. The zero-order valence-corrected chi connectivity index (χ0v) is 13.8. The third kappa shape index (κ3) is 2.60. The van der Waals surface area contributed by atoms with Crippen molar-refractivity contribution in [3.05, 3.63) is 27.7 Å². The first-order valence-corrected chi connectivity index (χ1v) is 8.59. The summed E-state index contributed by atoms with van der Waals surface area (Å²) in [6.07, 6.45) is 7.73. The second-order valence-electron chi connectivity index (χ2n) is 6.08. The normalized spacial score (nSPS) is 28.8. The third-order valence-electron chi connectivity index (χ3n) is 4.94. The van der Waals surface area contributed by atoms with Crippen molar-refractivity contribution in [3.63, 3.8) is 0 Å². The van der Waals surface area contributed by atoms with Gasteiger partial charge in [0.15, 0.2) is 0 Å². The minimum absolute atomic E-state index is 0.0348. The fourth-order valence-corrected chi connectivity index (χ4v) is 4.38. The molecular weight excluding hydrogens is 340 g/mol. The molecule has 0 radical (unpaired) electrons. The maximum absolute atomic E-state index is 10.3. The number of ether oxygens (including phenoxy) is 1. The van der Waals surface area contributed by atoms with Crippen LogP contribution < -0.4 is 4.74 Å². The summed E-state index contributed by atoms with van der Waals surface area (Å²) in [4.78, 5) is 0. The molecule has 2 aliphatic carbocycles. The van der Waals surface area contributed by atoms with Crippen LogP contribution in [0.15, 0.2) is 22.7 Å². The van der Waals surface area contributed by atoms with E-state index in [2.05, 4.69) is 15.9 Å². The van der Waals surface area contributed by atoms with E-state index in [1.165, 1.54) is 25.7 Å². The molecule has 0 heterocycles. The van der Waals surface area contributed by atoms with Gasteiger partial charge in [0.2, 0.25) is 0 Å². The molecule has 1 aromatic rings. The highest BCUT2D eigenvalue weighted by molar-refractivity contribution is 9.10. The quantitative estimate of drug-likeness (QED) is 0.809. The van der Waals surface area contributed by atoms with E-state index in [1.807, 2.05) is 18.2 Å². The zero-order valence-electron chi connectivity index (χ0n) is 11.4. The average Bonchev–Trinajstić information content (AvgIpc) is 2.69. The molecule has 0 amide bonds. The maximum Gasteiger partial charge on any atom is 0.138 e. The molecule has 3 rings (SSSR count). The monoisotopic (exact) mass is 358 g/mol. The first-order valence-electron chi connectivity index (χ1n) is 7.41. The number of hydrogen-bond donors (Lipinski definition) is 1. The molecule has 2 atom stereocenters. The number of aliphatic hydroxyl groups excluding tert-OH is 1. The van der Waals surface area contributed by atoms with Crippen molar-refractivity contribution >= 4 is 27.5 Å². The van der Waals surface area contributed by atoms with E-state index in [-0.39, 0.29) is 17.6 Å². The van der Waals surface area contributed by atoms with Crippen molar-refractivity contribution in [2.24, 2.45) is 5.41 Å². The molecule has 0 bridgehead atoms. The first-order chi connectivity index (χ1) is 9.62. The number of aliphatic hydroxyl groups is 1. The van der Waals surface area contributed by atoms with Gasteiger partial charge in [0.1, 0.15) is 11.9 Å². The van der Waals surface area contributed by atoms with Gasteiger partial charge in [-0.25, -0.2) is 0 Å². The summed E-state index contributed by atoms with van der Waals surface area (Å²) in [6, 6.07) is 5.70. The largest absolute Gasteiger partial charge is 0.488 e. The van der Waals surface area contributed by atoms with Crippen LogP contribution in [-0.4, -0.2) is 17.3 Å². The summed E-state index contributed by atoms with van der Waals surface area (Å²) in [5.74, 6) is 0.732. The third-order valence-corrected chi connectivity index (χ3v) is 5.73. The molecule has 2 aliphatic rings. The maximum atomic E-state index is 10.3. The van der Waals surface area contributed by atoms with Crippen LogP contribution in [0.4, 0.5) is 0 Å². The highest BCUT2D eigenvalue weighted by Crippen LogP contribution is 2.52. The van der Waals surface area contributed by atoms with Crippen LogP contribution in [-0.2, 0) is 0 Å². The molecule has 2 nitrogen and oxygen atoms in total. The van der Waals surface area contributed by atoms with Crippen molar-refractivity contribution in [1.29, 1.82) is 0 Å². The Hall–Kier alpha value is -0.250. The molecule has 2 unspecified atom stereocenters. The van der Waals surface area contributed by atoms with Gasteiger partial charge < -0.3 is 9.84 Å². The molecule has 4 heteroatoms. The Balaban J connectivity index is 1.76. The molecule has 0 aromatic heterocycles. The molecule has 20 heavy (non-hydrogen) atoms. The van der Waals surface area contributed by atoms with Gasteiger partial charge >= 0.3 is 0 Å². The SMILES string of the molecule is OC1CC(Oc2ccc(Br)cc2Cl)C12CCCCCC2. The Labute approximate surface area is 133 Å². The van der Waals surface area contributed by atoms with Gasteiger partial charge in [0.05, 0.1) is 11.1 Å². The van der Waals surface area contributed by atoms with Gasteiger partial charge in [0, 0.05) is 16.3 Å². The van der Waals surface area contributed by atoms with Crippen molar-refractivity contribution in [1.82, 2.24) is 0 Å². The van der Waals surface area contributed by atoms with Gasteiger partial charge in [-0.15, -0.1) is 0 Å². The Morgan fingerprint density at radius 1 is 1.20 bits per heavy atom. The molecular formula is C16H20BrClO2. The standard InChI is InChI=1S/C16H20BrClO2/c17-11-5-6-13(12(18)9-11)20-15-10-14(19)16(15)7-3-1-2-4-8-16/h5-6,9,14-15,19H,1-4,7-8,10H2. The van der Waals surface area contributed by atoms with Crippen molar-refractivity contribution in [3.8, 4) is 5.75 Å². The van der Waals surface area contributed by atoms with E-state index in [9.17, 15) is 5.11 Å². The number of benzene rings is 1. The molecule has 2 fully saturated rings. The van der Waals surface area contributed by atoms with Gasteiger partial charge in [-0.05, 0) is 31.0 Å². The van der Waals surface area contributed by atoms with Gasteiger partial charge in [0.25, 0.3) is 0 Å². The second-order valence-corrected chi connectivity index (χ2v) is 7.40. The highest BCUT2D eigenvalue weighted by Gasteiger charge is 2.55. The van der Waals surface area contributed by atoms with Crippen LogP contribution in [0.1, 0.15) is 44.9 Å². The van der Waals surface area contributed by atoms with Crippen LogP contribution in [0.3, 0.4) is 0 Å². The van der Waals surface area contributed by atoms with Crippen LogP contribution in [0.2, 0.25) is 5.02 Å². The fourth-order valence-electron chi connectivity index (χ4n) is 3.66. The van der Waals surface area contributed by atoms with Gasteiger partial charge in [-0.3, -0.25) is 0 Å². The van der Waals surface area contributed by atoms with Crippen LogP contribution >= 0.6 is 27.5 Å². The Kier molecular flexibility index (Phi) is 4.30. The molecule has 0 aliphatic heterocycles. The first kappa shape index (κ1) is 14.7. The summed E-state index contributed by atoms with van der Waals surface area (Å²) in [7, 11) is 0. The number of rotatable bonds is 2. The minimum atomic E-state index is -0.208. The fraction of sp³-hybridized carbons (Fsp3) is 0.625. The van der Waals surface area contributed by atoms with Crippen molar-refractivity contribution in [2.75, 3.05) is 0 Å². The van der Waals surface area contributed by atoms with E-state index in [1.54, 1.807) is 0 Å². The molecule has 1 aromatic carbocycles. The Morgan fingerprint density at radius 3 is 2.50 bits per heavy atom. The summed E-state index contributed by atoms with van der Waals surface area (Å²) in [5.41, 5.74) is -0.0348. The van der Waals surface area contributed by atoms with Gasteiger partial charge in [-0.1, -0.05) is 53.2 Å². The second kappa shape index (κ2) is 5.86. The lowest BCUT2D eigenvalue weighted by atomic mass is 9.59. The summed E-state index contributed by atoms with van der Waals surface area (Å²) < 4.78 is 7.09. The summed E-state index contributed by atoms with van der Waals surface area (Å²) in [6.45, 7) is 0. The van der Waals surface area contributed by atoms with E-state index in [0.29, 0.717) is 5.02 Å². The predicted octanol–water partition coefficient (Wildman–Crippen LogP) is 4.96. The van der Waals surface area contributed by atoms with Crippen molar-refractivity contribution in [2.45, 2.75) is 57.2 Å². The summed E-state index contributed by atoms with van der Waals surface area (Å²) >= 11 is 9.64. The van der Waals surface area contributed by atoms with E-state index < -0.39 is 0 Å². The minimum Gasteiger partial charge on any atom is -0.488 e. The van der Waals surface area contributed by atoms with Crippen LogP contribution in [0, 0.1) is 5.41 Å². The number of halogens is 2. The van der Waals surface area contributed by atoms with E-state index in [0.717, 1.165) is 29.5 Å². The van der Waals surface area contributed by atoms with Crippen LogP contribution in [0.25, 0.3) is 0 Å². The molecule has 1 N–H and O–H groups in total. The topological polar surface area (TPSA) is 29.5 Å². The average molecular weight is 360 g/mol.